The van der Waals surface area contributed by atoms with Crippen LogP contribution in [0.1, 0.15) is 11.3 Å². The highest BCUT2D eigenvalue weighted by atomic mass is 16.5. The molecule has 0 unspecified atom stereocenters. The van der Waals surface area contributed by atoms with Crippen molar-refractivity contribution < 1.29 is 4.74 Å². The molecule has 2 aromatic rings. The Morgan fingerprint density at radius 1 is 1.29 bits per heavy atom. The van der Waals surface area contributed by atoms with Crippen molar-refractivity contribution in [3.05, 3.63) is 35.9 Å². The first-order valence-corrected chi connectivity index (χ1v) is 8.53. The van der Waals surface area contributed by atoms with E-state index in [4.69, 9.17) is 4.74 Å². The molecule has 7 nitrogen and oxygen atoms in total. The Hall–Kier alpha value is -1.70. The van der Waals surface area contributed by atoms with E-state index in [1.807, 2.05) is 24.1 Å². The second-order valence-corrected chi connectivity index (χ2v) is 6.94. The summed E-state index contributed by atoms with van der Waals surface area (Å²) in [5.41, 5.74) is 2.52. The molecule has 3 heterocycles. The van der Waals surface area contributed by atoms with E-state index in [9.17, 15) is 0 Å². The van der Waals surface area contributed by atoms with Gasteiger partial charge in [0.15, 0.2) is 0 Å². The van der Waals surface area contributed by atoms with Gasteiger partial charge >= 0.3 is 0 Å². The number of nitrogens with zero attached hydrogens (tertiary/aromatic N) is 6. The molecule has 0 fully saturated rings. The summed E-state index contributed by atoms with van der Waals surface area (Å²) in [6.07, 6.45) is 5.93. The molecule has 0 saturated carbocycles. The van der Waals surface area contributed by atoms with Crippen LogP contribution < -0.4 is 0 Å². The lowest BCUT2D eigenvalue weighted by molar-refractivity contribution is 0.0673. The van der Waals surface area contributed by atoms with Crippen LogP contribution in [0.25, 0.3) is 0 Å². The largest absolute Gasteiger partial charge is 0.380 e. The third-order valence-corrected chi connectivity index (χ3v) is 4.34. The average molecular weight is 332 g/mol. The van der Waals surface area contributed by atoms with Gasteiger partial charge in [0.05, 0.1) is 25.1 Å². The molecule has 0 radical (unpaired) electrons. The highest BCUT2D eigenvalue weighted by Crippen LogP contribution is 2.18. The SMILES string of the molecule is CN(C)CCOC[C@@H]1CN(Cc2cnn(C)c2)Cc2ccnn2C1. The molecule has 3 rings (SSSR count). The van der Waals surface area contributed by atoms with Crippen molar-refractivity contribution >= 4 is 0 Å². The smallest absolute Gasteiger partial charge is 0.0593 e. The van der Waals surface area contributed by atoms with Gasteiger partial charge in [-0.15, -0.1) is 0 Å². The van der Waals surface area contributed by atoms with Crippen molar-refractivity contribution in [2.24, 2.45) is 13.0 Å². The minimum absolute atomic E-state index is 0.449. The zero-order chi connectivity index (χ0) is 16.9. The predicted molar refractivity (Wildman–Crippen MR) is 92.4 cm³/mol. The van der Waals surface area contributed by atoms with Gasteiger partial charge in [-0.2, -0.15) is 10.2 Å². The molecule has 0 bridgehead atoms. The Morgan fingerprint density at radius 3 is 2.92 bits per heavy atom. The molecule has 0 spiro atoms. The summed E-state index contributed by atoms with van der Waals surface area (Å²) >= 11 is 0. The third-order valence-electron chi connectivity index (χ3n) is 4.34. The Kier molecular flexibility index (Phi) is 5.65. The molecule has 0 N–H and O–H groups in total. The van der Waals surface area contributed by atoms with Gasteiger partial charge in [0.25, 0.3) is 0 Å². The van der Waals surface area contributed by atoms with Crippen molar-refractivity contribution in [3.63, 3.8) is 0 Å². The molecule has 0 amide bonds. The van der Waals surface area contributed by atoms with Crippen LogP contribution in [0, 0.1) is 5.92 Å². The summed E-state index contributed by atoms with van der Waals surface area (Å²) in [6.45, 7) is 6.28. The molecule has 7 heteroatoms. The number of aromatic nitrogens is 4. The molecule has 1 atom stereocenters. The monoisotopic (exact) mass is 332 g/mol. The van der Waals surface area contributed by atoms with E-state index in [1.54, 1.807) is 0 Å². The van der Waals surface area contributed by atoms with E-state index in [1.165, 1.54) is 11.3 Å². The predicted octanol–water partition coefficient (Wildman–Crippen LogP) is 0.827. The first-order valence-electron chi connectivity index (χ1n) is 8.53. The lowest BCUT2D eigenvalue weighted by atomic mass is 10.1. The van der Waals surface area contributed by atoms with Crippen molar-refractivity contribution in [2.75, 3.05) is 40.4 Å². The van der Waals surface area contributed by atoms with Crippen LogP contribution >= 0.6 is 0 Å². The Bertz CT molecular complexity index is 635. The van der Waals surface area contributed by atoms with E-state index in [0.717, 1.165) is 45.9 Å². The molecule has 0 saturated heterocycles. The third kappa shape index (κ3) is 4.66. The summed E-state index contributed by atoms with van der Waals surface area (Å²) in [4.78, 5) is 4.62. The summed E-state index contributed by atoms with van der Waals surface area (Å²) in [7, 11) is 6.10. The molecular weight excluding hydrogens is 304 g/mol. The van der Waals surface area contributed by atoms with Gasteiger partial charge < -0.3 is 9.64 Å². The second-order valence-electron chi connectivity index (χ2n) is 6.94. The van der Waals surface area contributed by atoms with Gasteiger partial charge in [0.2, 0.25) is 0 Å². The molecule has 132 valence electrons. The van der Waals surface area contributed by atoms with Gasteiger partial charge in [-0.1, -0.05) is 0 Å². The van der Waals surface area contributed by atoms with Crippen LogP contribution in [0.3, 0.4) is 0 Å². The second kappa shape index (κ2) is 7.92. The van der Waals surface area contributed by atoms with Gasteiger partial charge in [-0.25, -0.2) is 0 Å². The normalized spacial score (nSPS) is 18.8. The topological polar surface area (TPSA) is 51.4 Å². The molecule has 1 aliphatic rings. The Labute approximate surface area is 143 Å². The van der Waals surface area contributed by atoms with Gasteiger partial charge in [-0.05, 0) is 20.2 Å². The first-order chi connectivity index (χ1) is 11.6. The zero-order valence-electron chi connectivity index (χ0n) is 14.9. The van der Waals surface area contributed by atoms with Crippen LogP contribution in [0.15, 0.2) is 24.7 Å². The lowest BCUT2D eigenvalue weighted by Crippen LogP contribution is -2.30. The molecule has 1 aliphatic heterocycles. The van der Waals surface area contributed by atoms with Gasteiger partial charge in [-0.3, -0.25) is 14.3 Å². The number of fused-ring (bicyclic) bond motifs is 1. The van der Waals surface area contributed by atoms with Crippen LogP contribution in [0.2, 0.25) is 0 Å². The maximum atomic E-state index is 5.91. The van der Waals surface area contributed by atoms with Crippen molar-refractivity contribution in [2.45, 2.75) is 19.6 Å². The van der Waals surface area contributed by atoms with Gasteiger partial charge in [0.1, 0.15) is 0 Å². The minimum Gasteiger partial charge on any atom is -0.380 e. The summed E-state index contributed by atoms with van der Waals surface area (Å²) < 4.78 is 9.90. The molecule has 2 aromatic heterocycles. The van der Waals surface area contributed by atoms with Crippen molar-refractivity contribution in [3.8, 4) is 0 Å². The Morgan fingerprint density at radius 2 is 2.17 bits per heavy atom. The van der Waals surface area contributed by atoms with Crippen LogP contribution in [0.5, 0.6) is 0 Å². The number of ether oxygens (including phenoxy) is 1. The molecule has 0 aromatic carbocycles. The number of hydrogen-bond donors (Lipinski definition) is 0. The van der Waals surface area contributed by atoms with Gasteiger partial charge in [0, 0.05) is 63.6 Å². The zero-order valence-corrected chi connectivity index (χ0v) is 14.9. The van der Waals surface area contributed by atoms with E-state index in [2.05, 4.69) is 51.0 Å². The fourth-order valence-electron chi connectivity index (χ4n) is 3.15. The maximum Gasteiger partial charge on any atom is 0.0593 e. The van der Waals surface area contributed by atoms with Crippen molar-refractivity contribution in [1.29, 1.82) is 0 Å². The minimum atomic E-state index is 0.449. The van der Waals surface area contributed by atoms with E-state index >= 15 is 0 Å². The highest BCUT2D eigenvalue weighted by Gasteiger charge is 2.22. The highest BCUT2D eigenvalue weighted by molar-refractivity contribution is 5.06. The molecular formula is C17H28N6O. The van der Waals surface area contributed by atoms with Crippen molar-refractivity contribution in [1.82, 2.24) is 29.4 Å². The van der Waals surface area contributed by atoms with Crippen LogP contribution in [0.4, 0.5) is 0 Å². The maximum absolute atomic E-state index is 5.91. The first kappa shape index (κ1) is 17.1. The summed E-state index contributed by atoms with van der Waals surface area (Å²) in [5.74, 6) is 0.449. The van der Waals surface area contributed by atoms with Crippen LogP contribution in [-0.4, -0.2) is 69.8 Å². The number of likely N-dealkylation sites (N-methyl/N-ethyl adjacent to an activating group) is 1. The van der Waals surface area contributed by atoms with E-state index in [0.29, 0.717) is 5.92 Å². The van der Waals surface area contributed by atoms with E-state index in [-0.39, 0.29) is 0 Å². The quantitative estimate of drug-likeness (QED) is 0.703. The number of aryl methyl sites for hydroxylation is 1. The fraction of sp³-hybridized carbons (Fsp3) is 0.647. The average Bonchev–Trinajstić information content (AvgIpc) is 3.09. The summed E-state index contributed by atoms with van der Waals surface area (Å²) in [5, 5.41) is 8.76. The number of rotatable bonds is 7. The van der Waals surface area contributed by atoms with Crippen LogP contribution in [-0.2, 0) is 31.4 Å². The van der Waals surface area contributed by atoms with E-state index < -0.39 is 0 Å². The molecule has 24 heavy (non-hydrogen) atoms. The summed E-state index contributed by atoms with van der Waals surface area (Å²) in [6, 6.07) is 2.12. The Balaban J connectivity index is 1.61. The fourth-order valence-corrected chi connectivity index (χ4v) is 3.15. The standard InChI is InChI=1S/C17H28N6O/c1-20(2)6-7-24-14-16-11-22(10-15-8-19-21(3)9-15)13-17-4-5-18-23(17)12-16/h4-5,8-9,16H,6-7,10-14H2,1-3H3/t16-/m1/s1. The number of hydrogen-bond acceptors (Lipinski definition) is 5. The molecule has 0 aliphatic carbocycles. The lowest BCUT2D eigenvalue weighted by Gasteiger charge is -2.23.